The predicted molar refractivity (Wildman–Crippen MR) is 88.5 cm³/mol. The molecular formula is C14H15BrN4OS. The van der Waals surface area contributed by atoms with Gasteiger partial charge >= 0.3 is 0 Å². The number of hydrogen-bond acceptors (Lipinski definition) is 5. The average Bonchev–Trinajstić information content (AvgIpc) is 3.18. The van der Waals surface area contributed by atoms with Crippen LogP contribution in [0, 0.1) is 0 Å². The molecule has 5 nitrogen and oxygen atoms in total. The first kappa shape index (κ1) is 14.3. The van der Waals surface area contributed by atoms with Gasteiger partial charge in [-0.1, -0.05) is 28.1 Å². The van der Waals surface area contributed by atoms with Crippen molar-refractivity contribution >= 4 is 44.2 Å². The van der Waals surface area contributed by atoms with Crippen molar-refractivity contribution in [1.82, 2.24) is 9.69 Å². The van der Waals surface area contributed by atoms with Crippen molar-refractivity contribution in [1.29, 1.82) is 0 Å². The number of carbonyl (C=O) groups is 1. The smallest absolute Gasteiger partial charge is 0.258 e. The molecule has 1 amide bonds. The third-order valence-electron chi connectivity index (χ3n) is 3.20. The number of nitrogens with one attached hydrogen (secondary N) is 2. The zero-order valence-electron chi connectivity index (χ0n) is 11.2. The second-order valence-electron chi connectivity index (χ2n) is 5.00. The Morgan fingerprint density at radius 1 is 1.48 bits per heavy atom. The maximum atomic E-state index is 12.2. The summed E-state index contributed by atoms with van der Waals surface area (Å²) < 4.78 is 5.11. The van der Waals surface area contributed by atoms with Crippen LogP contribution < -0.4 is 16.4 Å². The van der Waals surface area contributed by atoms with E-state index in [9.17, 15) is 4.79 Å². The standard InChI is InChI=1S/C14H15BrN4OS/c15-9-3-1-2-8(6-9)7-17-14-11(12(16)19-21-14)13(20)18-10-4-5-10/h1-3,6,10,17H,4-5,7H2,(H2,16,19)(H,18,20). The van der Waals surface area contributed by atoms with Gasteiger partial charge in [-0.2, -0.15) is 4.37 Å². The van der Waals surface area contributed by atoms with Gasteiger partial charge in [0.2, 0.25) is 0 Å². The van der Waals surface area contributed by atoms with E-state index in [1.165, 1.54) is 11.5 Å². The molecule has 0 saturated heterocycles. The molecular weight excluding hydrogens is 352 g/mol. The minimum atomic E-state index is -0.138. The van der Waals surface area contributed by atoms with Crippen LogP contribution in [-0.2, 0) is 6.54 Å². The number of nitrogen functional groups attached to an aromatic ring is 1. The van der Waals surface area contributed by atoms with Crippen molar-refractivity contribution in [2.75, 3.05) is 11.1 Å². The molecule has 1 aromatic carbocycles. The highest BCUT2D eigenvalue weighted by Crippen LogP contribution is 2.29. The van der Waals surface area contributed by atoms with Gasteiger partial charge in [0.15, 0.2) is 5.82 Å². The molecule has 1 aliphatic carbocycles. The fraction of sp³-hybridized carbons (Fsp3) is 0.286. The Balaban J connectivity index is 1.71. The minimum Gasteiger partial charge on any atom is -0.382 e. The first-order valence-corrected chi connectivity index (χ1v) is 8.24. The van der Waals surface area contributed by atoms with E-state index in [2.05, 4.69) is 30.9 Å². The summed E-state index contributed by atoms with van der Waals surface area (Å²) in [6.45, 7) is 0.616. The van der Waals surface area contributed by atoms with Gasteiger partial charge in [0.1, 0.15) is 10.6 Å². The second-order valence-corrected chi connectivity index (χ2v) is 6.69. The highest BCUT2D eigenvalue weighted by atomic mass is 79.9. The number of aromatic nitrogens is 1. The summed E-state index contributed by atoms with van der Waals surface area (Å²) in [5.41, 5.74) is 7.40. The Morgan fingerprint density at radius 2 is 2.29 bits per heavy atom. The van der Waals surface area contributed by atoms with Crippen molar-refractivity contribution in [3.8, 4) is 0 Å². The van der Waals surface area contributed by atoms with Crippen LogP contribution in [0.3, 0.4) is 0 Å². The van der Waals surface area contributed by atoms with Gasteiger partial charge in [-0.3, -0.25) is 4.79 Å². The summed E-state index contributed by atoms with van der Waals surface area (Å²) >= 11 is 4.66. The molecule has 4 N–H and O–H groups in total. The van der Waals surface area contributed by atoms with E-state index < -0.39 is 0 Å². The van der Waals surface area contributed by atoms with Crippen LogP contribution in [0.5, 0.6) is 0 Å². The van der Waals surface area contributed by atoms with E-state index in [4.69, 9.17) is 5.73 Å². The molecule has 0 bridgehead atoms. The number of benzene rings is 1. The van der Waals surface area contributed by atoms with Crippen LogP contribution in [0.15, 0.2) is 28.7 Å². The van der Waals surface area contributed by atoms with Crippen molar-refractivity contribution in [2.45, 2.75) is 25.4 Å². The number of nitrogens with zero attached hydrogens (tertiary/aromatic N) is 1. The summed E-state index contributed by atoms with van der Waals surface area (Å²) in [5, 5.41) is 6.91. The van der Waals surface area contributed by atoms with Gasteiger partial charge in [-0.05, 0) is 42.1 Å². The molecule has 1 fully saturated rings. The van der Waals surface area contributed by atoms with Crippen LogP contribution >= 0.6 is 27.5 Å². The highest BCUT2D eigenvalue weighted by Gasteiger charge is 2.27. The fourth-order valence-electron chi connectivity index (χ4n) is 1.96. The third-order valence-corrected chi connectivity index (χ3v) is 4.51. The lowest BCUT2D eigenvalue weighted by Crippen LogP contribution is -2.26. The number of rotatable bonds is 5. The number of halogens is 1. The topological polar surface area (TPSA) is 80.0 Å². The van der Waals surface area contributed by atoms with Crippen LogP contribution in [0.1, 0.15) is 28.8 Å². The Labute approximate surface area is 135 Å². The fourth-order valence-corrected chi connectivity index (χ4v) is 3.11. The van der Waals surface area contributed by atoms with Crippen LogP contribution in [-0.4, -0.2) is 16.3 Å². The predicted octanol–water partition coefficient (Wildman–Crippen LogP) is 2.99. The molecule has 110 valence electrons. The highest BCUT2D eigenvalue weighted by molar-refractivity contribution is 9.10. The molecule has 0 radical (unpaired) electrons. The molecule has 1 aliphatic rings. The molecule has 1 heterocycles. The van der Waals surface area contributed by atoms with Gasteiger partial charge in [0, 0.05) is 17.1 Å². The molecule has 7 heteroatoms. The second kappa shape index (κ2) is 6.03. The molecule has 2 aromatic rings. The summed E-state index contributed by atoms with van der Waals surface area (Å²) in [5.74, 6) is 0.149. The summed E-state index contributed by atoms with van der Waals surface area (Å²) in [6.07, 6.45) is 2.09. The lowest BCUT2D eigenvalue weighted by Gasteiger charge is -2.08. The normalized spacial score (nSPS) is 14.0. The quantitative estimate of drug-likeness (QED) is 0.759. The van der Waals surface area contributed by atoms with Crippen molar-refractivity contribution in [2.24, 2.45) is 0 Å². The SMILES string of the molecule is Nc1nsc(NCc2cccc(Br)c2)c1C(=O)NC1CC1. The molecule has 21 heavy (non-hydrogen) atoms. The molecule has 0 atom stereocenters. The van der Waals surface area contributed by atoms with E-state index in [1.807, 2.05) is 24.3 Å². The van der Waals surface area contributed by atoms with Crippen LogP contribution in [0.4, 0.5) is 10.8 Å². The monoisotopic (exact) mass is 366 g/mol. The van der Waals surface area contributed by atoms with E-state index in [1.54, 1.807) is 0 Å². The largest absolute Gasteiger partial charge is 0.382 e. The summed E-state index contributed by atoms with van der Waals surface area (Å²) in [7, 11) is 0. The summed E-state index contributed by atoms with van der Waals surface area (Å²) in [6, 6.07) is 8.30. The molecule has 0 aliphatic heterocycles. The molecule has 1 aromatic heterocycles. The average molecular weight is 367 g/mol. The zero-order chi connectivity index (χ0) is 14.8. The van der Waals surface area contributed by atoms with Gasteiger partial charge in [-0.25, -0.2) is 0 Å². The lowest BCUT2D eigenvalue weighted by atomic mass is 10.2. The zero-order valence-corrected chi connectivity index (χ0v) is 13.6. The number of hydrogen-bond donors (Lipinski definition) is 3. The van der Waals surface area contributed by atoms with E-state index in [0.717, 1.165) is 22.9 Å². The number of nitrogens with two attached hydrogens (primary N) is 1. The van der Waals surface area contributed by atoms with Crippen molar-refractivity contribution in [3.05, 3.63) is 39.9 Å². The molecule has 3 rings (SSSR count). The number of carbonyl (C=O) groups excluding carboxylic acids is 1. The maximum absolute atomic E-state index is 12.2. The third kappa shape index (κ3) is 3.54. The van der Waals surface area contributed by atoms with Gasteiger partial charge in [0.25, 0.3) is 5.91 Å². The Bertz CT molecular complexity index is 669. The maximum Gasteiger partial charge on any atom is 0.258 e. The van der Waals surface area contributed by atoms with Crippen molar-refractivity contribution < 1.29 is 4.79 Å². The van der Waals surface area contributed by atoms with Gasteiger partial charge < -0.3 is 16.4 Å². The first-order valence-electron chi connectivity index (χ1n) is 6.68. The summed E-state index contributed by atoms with van der Waals surface area (Å²) in [4.78, 5) is 12.2. The van der Waals surface area contributed by atoms with Crippen molar-refractivity contribution in [3.63, 3.8) is 0 Å². The lowest BCUT2D eigenvalue weighted by molar-refractivity contribution is 0.0953. The van der Waals surface area contributed by atoms with Gasteiger partial charge in [0.05, 0.1) is 0 Å². The van der Waals surface area contributed by atoms with E-state index in [0.29, 0.717) is 23.2 Å². The van der Waals surface area contributed by atoms with Crippen LogP contribution in [0.2, 0.25) is 0 Å². The van der Waals surface area contributed by atoms with E-state index >= 15 is 0 Å². The molecule has 0 spiro atoms. The van der Waals surface area contributed by atoms with Gasteiger partial charge in [-0.15, -0.1) is 0 Å². The Morgan fingerprint density at radius 3 is 3.00 bits per heavy atom. The number of amides is 1. The molecule has 1 saturated carbocycles. The Hall–Kier alpha value is -1.60. The molecule has 0 unspecified atom stereocenters. The first-order chi connectivity index (χ1) is 10.1. The minimum absolute atomic E-state index is 0.138. The van der Waals surface area contributed by atoms with E-state index in [-0.39, 0.29) is 11.7 Å². The van der Waals surface area contributed by atoms with Crippen LogP contribution in [0.25, 0.3) is 0 Å². The Kier molecular flexibility index (Phi) is 4.12. The number of anilines is 2.